The SMILES string of the molecule is c1ccc(-c2nc(-c3cccc4c3oc3c(-c5nc6ccccc6o5)cccc34)nc(-n3c4ccccc4c4ccccc43)n2)cc1. The molecule has 6 aromatic carbocycles. The minimum atomic E-state index is 0.512. The van der Waals surface area contributed by atoms with Gasteiger partial charge in [-0.3, -0.25) is 4.57 Å². The number of furan rings is 1. The molecule has 47 heavy (non-hydrogen) atoms. The van der Waals surface area contributed by atoms with Crippen LogP contribution in [0, 0.1) is 0 Å². The van der Waals surface area contributed by atoms with Crippen LogP contribution in [0.2, 0.25) is 0 Å². The van der Waals surface area contributed by atoms with Crippen molar-refractivity contribution in [1.29, 1.82) is 0 Å². The van der Waals surface area contributed by atoms with Gasteiger partial charge in [0, 0.05) is 27.1 Å². The Morgan fingerprint density at radius 2 is 1.02 bits per heavy atom. The first-order valence-electron chi connectivity index (χ1n) is 15.4. The third-order valence-electron chi connectivity index (χ3n) is 8.73. The smallest absolute Gasteiger partial charge is 0.238 e. The number of aromatic nitrogens is 5. The Balaban J connectivity index is 1.24. The van der Waals surface area contributed by atoms with Crippen molar-refractivity contribution in [3.8, 4) is 40.2 Å². The molecule has 7 heteroatoms. The molecule has 0 aliphatic rings. The van der Waals surface area contributed by atoms with E-state index in [4.69, 9.17) is 28.8 Å². The molecule has 0 aliphatic carbocycles. The molecule has 0 radical (unpaired) electrons. The lowest BCUT2D eigenvalue weighted by Gasteiger charge is -2.11. The first-order valence-corrected chi connectivity index (χ1v) is 15.4. The van der Waals surface area contributed by atoms with Crippen LogP contribution in [0.3, 0.4) is 0 Å². The van der Waals surface area contributed by atoms with Crippen LogP contribution in [-0.4, -0.2) is 24.5 Å². The number of nitrogens with zero attached hydrogens (tertiary/aromatic N) is 5. The maximum absolute atomic E-state index is 6.73. The van der Waals surface area contributed by atoms with Crippen molar-refractivity contribution in [1.82, 2.24) is 24.5 Å². The summed E-state index contributed by atoms with van der Waals surface area (Å²) in [4.78, 5) is 20.0. The minimum absolute atomic E-state index is 0.512. The van der Waals surface area contributed by atoms with E-state index < -0.39 is 0 Å². The number of benzene rings is 6. The summed E-state index contributed by atoms with van der Waals surface area (Å²) < 4.78 is 15.0. The third kappa shape index (κ3) is 3.93. The molecule has 0 unspecified atom stereocenters. The molecule has 0 N–H and O–H groups in total. The summed E-state index contributed by atoms with van der Waals surface area (Å²) in [6, 6.07) is 46.6. The van der Waals surface area contributed by atoms with Gasteiger partial charge >= 0.3 is 0 Å². The number of para-hydroxylation sites is 6. The molecule has 220 valence electrons. The molecule has 0 fully saturated rings. The second-order valence-corrected chi connectivity index (χ2v) is 11.5. The number of rotatable bonds is 4. The molecule has 0 saturated heterocycles. The Labute approximate surface area is 267 Å². The zero-order valence-electron chi connectivity index (χ0n) is 24.8. The molecule has 0 amide bonds. The molecule has 7 nitrogen and oxygen atoms in total. The quantitative estimate of drug-likeness (QED) is 0.199. The second-order valence-electron chi connectivity index (χ2n) is 11.5. The van der Waals surface area contributed by atoms with Gasteiger partial charge in [-0.1, -0.05) is 103 Å². The molecule has 4 aromatic heterocycles. The van der Waals surface area contributed by atoms with Gasteiger partial charge in [-0.2, -0.15) is 9.97 Å². The Morgan fingerprint density at radius 1 is 0.426 bits per heavy atom. The maximum atomic E-state index is 6.73. The Bertz CT molecular complexity index is 2720. The van der Waals surface area contributed by atoms with Crippen LogP contribution in [0.25, 0.3) is 95.0 Å². The zero-order chi connectivity index (χ0) is 30.9. The monoisotopic (exact) mass is 605 g/mol. The van der Waals surface area contributed by atoms with E-state index in [1.165, 1.54) is 0 Å². The zero-order valence-corrected chi connectivity index (χ0v) is 24.8. The number of oxazole rings is 1. The largest absolute Gasteiger partial charge is 0.454 e. The van der Waals surface area contributed by atoms with E-state index in [9.17, 15) is 0 Å². The summed E-state index contributed by atoms with van der Waals surface area (Å²) >= 11 is 0. The lowest BCUT2D eigenvalue weighted by Crippen LogP contribution is -2.06. The molecule has 0 saturated carbocycles. The van der Waals surface area contributed by atoms with E-state index in [1.807, 2.05) is 91.0 Å². The summed E-state index contributed by atoms with van der Waals surface area (Å²) in [5.41, 5.74) is 7.40. The molecular formula is C40H23N5O2. The number of fused-ring (bicyclic) bond motifs is 7. The standard InChI is InChI=1S/C40H23N5O2/c1-2-12-24(13-3-1)37-42-38(44-40(43-37)45-32-21-7-4-14-25(32)26-15-5-8-22-33(26)45)29-18-10-16-27-28-17-11-19-30(36(28)47-35(27)29)39-41-31-20-6-9-23-34(31)46-39/h1-23H. The molecular weight excluding hydrogens is 582 g/mol. The topological polar surface area (TPSA) is 82.8 Å². The Kier molecular flexibility index (Phi) is 5.44. The van der Waals surface area contributed by atoms with E-state index in [2.05, 4.69) is 53.1 Å². The summed E-state index contributed by atoms with van der Waals surface area (Å²) in [6.45, 7) is 0. The van der Waals surface area contributed by atoms with Crippen LogP contribution < -0.4 is 0 Å². The van der Waals surface area contributed by atoms with Crippen LogP contribution >= 0.6 is 0 Å². The average molecular weight is 606 g/mol. The van der Waals surface area contributed by atoms with Crippen molar-refractivity contribution >= 4 is 54.8 Å². The average Bonchev–Trinajstić information content (AvgIpc) is 3.84. The highest BCUT2D eigenvalue weighted by Gasteiger charge is 2.22. The fourth-order valence-electron chi connectivity index (χ4n) is 6.59. The van der Waals surface area contributed by atoms with Gasteiger partial charge in [0.2, 0.25) is 11.8 Å². The molecule has 10 aromatic rings. The second kappa shape index (κ2) is 9.95. The van der Waals surface area contributed by atoms with Crippen molar-refractivity contribution < 1.29 is 8.83 Å². The highest BCUT2D eigenvalue weighted by atomic mass is 16.4. The fourth-order valence-corrected chi connectivity index (χ4v) is 6.59. The van der Waals surface area contributed by atoms with Crippen LogP contribution in [0.1, 0.15) is 0 Å². The van der Waals surface area contributed by atoms with E-state index in [1.54, 1.807) is 0 Å². The van der Waals surface area contributed by atoms with Crippen molar-refractivity contribution in [2.24, 2.45) is 0 Å². The summed E-state index contributed by atoms with van der Waals surface area (Å²) in [6.07, 6.45) is 0. The van der Waals surface area contributed by atoms with Gasteiger partial charge in [0.1, 0.15) is 16.7 Å². The molecule has 0 aliphatic heterocycles. The van der Waals surface area contributed by atoms with Gasteiger partial charge in [0.05, 0.1) is 22.2 Å². The number of hydrogen-bond acceptors (Lipinski definition) is 6. The molecule has 0 bridgehead atoms. The normalized spacial score (nSPS) is 11.8. The highest BCUT2D eigenvalue weighted by Crippen LogP contribution is 2.40. The van der Waals surface area contributed by atoms with Crippen molar-refractivity contribution in [3.05, 3.63) is 140 Å². The van der Waals surface area contributed by atoms with Crippen LogP contribution in [0.15, 0.2) is 148 Å². The van der Waals surface area contributed by atoms with Gasteiger partial charge in [0.25, 0.3) is 0 Å². The van der Waals surface area contributed by atoms with Crippen molar-refractivity contribution in [3.63, 3.8) is 0 Å². The predicted molar refractivity (Wildman–Crippen MR) is 185 cm³/mol. The van der Waals surface area contributed by atoms with Crippen LogP contribution in [0.4, 0.5) is 0 Å². The van der Waals surface area contributed by atoms with Crippen molar-refractivity contribution in [2.45, 2.75) is 0 Å². The lowest BCUT2D eigenvalue weighted by molar-refractivity contribution is 0.615. The van der Waals surface area contributed by atoms with E-state index in [0.717, 1.165) is 60.4 Å². The van der Waals surface area contributed by atoms with Gasteiger partial charge in [-0.25, -0.2) is 9.97 Å². The summed E-state index contributed by atoms with van der Waals surface area (Å²) in [7, 11) is 0. The highest BCUT2D eigenvalue weighted by molar-refractivity contribution is 6.12. The Hall–Kier alpha value is -6.60. The molecule has 4 heterocycles. The van der Waals surface area contributed by atoms with Crippen LogP contribution in [0.5, 0.6) is 0 Å². The van der Waals surface area contributed by atoms with E-state index >= 15 is 0 Å². The van der Waals surface area contributed by atoms with E-state index in [-0.39, 0.29) is 0 Å². The first-order chi connectivity index (χ1) is 23.3. The summed E-state index contributed by atoms with van der Waals surface area (Å²) in [5.74, 6) is 2.14. The van der Waals surface area contributed by atoms with Gasteiger partial charge in [-0.05, 0) is 36.4 Å². The predicted octanol–water partition coefficient (Wildman–Crippen LogP) is 10.0. The third-order valence-corrected chi connectivity index (χ3v) is 8.73. The van der Waals surface area contributed by atoms with Gasteiger partial charge < -0.3 is 8.83 Å². The molecule has 10 rings (SSSR count). The minimum Gasteiger partial charge on any atom is -0.454 e. The lowest BCUT2D eigenvalue weighted by atomic mass is 10.1. The maximum Gasteiger partial charge on any atom is 0.238 e. The first kappa shape index (κ1) is 25.7. The fraction of sp³-hybridized carbons (Fsp3) is 0. The molecule has 0 atom stereocenters. The van der Waals surface area contributed by atoms with Gasteiger partial charge in [-0.15, -0.1) is 0 Å². The van der Waals surface area contributed by atoms with Crippen molar-refractivity contribution in [2.75, 3.05) is 0 Å². The van der Waals surface area contributed by atoms with Crippen LogP contribution in [-0.2, 0) is 0 Å². The van der Waals surface area contributed by atoms with E-state index in [0.29, 0.717) is 34.7 Å². The summed E-state index contributed by atoms with van der Waals surface area (Å²) in [5, 5.41) is 4.19. The number of hydrogen-bond donors (Lipinski definition) is 0. The van der Waals surface area contributed by atoms with Gasteiger partial charge in [0.15, 0.2) is 17.2 Å². The Morgan fingerprint density at radius 3 is 1.77 bits per heavy atom. The molecule has 0 spiro atoms.